The Kier molecular flexibility index (Phi) is 6.96. The summed E-state index contributed by atoms with van der Waals surface area (Å²) in [7, 11) is 0. The topological polar surface area (TPSA) is 78.9 Å². The Bertz CT molecular complexity index is 973. The van der Waals surface area contributed by atoms with Gasteiger partial charge in [0.2, 0.25) is 0 Å². The second-order valence-corrected chi connectivity index (χ2v) is 7.85. The molecule has 7 heteroatoms. The van der Waals surface area contributed by atoms with Gasteiger partial charge in [0.05, 0.1) is 22.1 Å². The summed E-state index contributed by atoms with van der Waals surface area (Å²) >= 11 is 12.4. The number of rotatable bonds is 5. The van der Waals surface area contributed by atoms with Crippen LogP contribution in [0.2, 0.25) is 10.0 Å². The Balaban J connectivity index is 2.06. The standard InChI is InChI=1S/C22H23Cl2N3O2/c1-14(27-9-3-4-15(12-27)10-21(28)29)22-17(5-2-6-20(22)26-13-25)16-7-8-18(23)19(24)11-16/h2,5-8,10-11,13-14H,3-4,9,12H2,1H3,(H2,25,26)(H,28,29)/b15-10+. The van der Waals surface area contributed by atoms with Crippen LogP contribution in [0, 0.1) is 0 Å². The predicted octanol–water partition coefficient (Wildman–Crippen LogP) is 5.45. The average Bonchev–Trinajstić information content (AvgIpc) is 2.69. The third kappa shape index (κ3) is 4.99. The van der Waals surface area contributed by atoms with E-state index in [9.17, 15) is 4.79 Å². The van der Waals surface area contributed by atoms with Crippen molar-refractivity contribution >= 4 is 41.2 Å². The summed E-state index contributed by atoms with van der Waals surface area (Å²) in [5, 5.41) is 10.1. The fourth-order valence-electron chi connectivity index (χ4n) is 3.83. The van der Waals surface area contributed by atoms with E-state index < -0.39 is 5.97 Å². The van der Waals surface area contributed by atoms with Crippen LogP contribution in [0.4, 0.5) is 5.69 Å². The fourth-order valence-corrected chi connectivity index (χ4v) is 4.13. The molecule has 3 rings (SSSR count). The second-order valence-electron chi connectivity index (χ2n) is 7.04. The molecule has 0 saturated carbocycles. The molecule has 3 N–H and O–H groups in total. The number of nitrogens with zero attached hydrogens (tertiary/aromatic N) is 2. The first-order chi connectivity index (χ1) is 13.9. The van der Waals surface area contributed by atoms with Crippen LogP contribution in [0.15, 0.2) is 53.0 Å². The first-order valence-electron chi connectivity index (χ1n) is 9.39. The first kappa shape index (κ1) is 21.4. The van der Waals surface area contributed by atoms with Gasteiger partial charge in [-0.05, 0) is 61.2 Å². The van der Waals surface area contributed by atoms with Crippen LogP contribution in [0.25, 0.3) is 11.1 Å². The van der Waals surface area contributed by atoms with E-state index in [0.29, 0.717) is 16.6 Å². The summed E-state index contributed by atoms with van der Waals surface area (Å²) in [6.45, 7) is 3.59. The lowest BCUT2D eigenvalue weighted by molar-refractivity contribution is -0.131. The lowest BCUT2D eigenvalue weighted by Crippen LogP contribution is -2.34. The van der Waals surface area contributed by atoms with Crippen LogP contribution < -0.4 is 5.73 Å². The number of hydrogen-bond acceptors (Lipinski definition) is 3. The molecule has 1 fully saturated rings. The number of hydrogen-bond donors (Lipinski definition) is 2. The van der Waals surface area contributed by atoms with E-state index in [2.05, 4.69) is 16.8 Å². The highest BCUT2D eigenvalue weighted by Crippen LogP contribution is 2.40. The Morgan fingerprint density at radius 1 is 1.28 bits per heavy atom. The number of nitrogens with two attached hydrogens (primary N) is 1. The molecule has 152 valence electrons. The maximum Gasteiger partial charge on any atom is 0.328 e. The van der Waals surface area contributed by atoms with Crippen LogP contribution in [0.3, 0.4) is 0 Å². The maximum atomic E-state index is 11.1. The summed E-state index contributed by atoms with van der Waals surface area (Å²) in [6, 6.07) is 11.4. The first-order valence-corrected chi connectivity index (χ1v) is 10.1. The molecule has 0 bridgehead atoms. The number of benzene rings is 2. The van der Waals surface area contributed by atoms with Gasteiger partial charge in [0.25, 0.3) is 0 Å². The zero-order chi connectivity index (χ0) is 21.0. The van der Waals surface area contributed by atoms with Crippen molar-refractivity contribution in [1.82, 2.24) is 4.90 Å². The number of carbonyl (C=O) groups is 1. The van der Waals surface area contributed by atoms with Gasteiger partial charge in [0.15, 0.2) is 0 Å². The molecular weight excluding hydrogens is 409 g/mol. The minimum absolute atomic E-state index is 0.00292. The van der Waals surface area contributed by atoms with Gasteiger partial charge in [-0.25, -0.2) is 9.79 Å². The summed E-state index contributed by atoms with van der Waals surface area (Å²) in [5.41, 5.74) is 10.2. The van der Waals surface area contributed by atoms with Crippen LogP contribution in [0.1, 0.15) is 31.4 Å². The van der Waals surface area contributed by atoms with Gasteiger partial charge >= 0.3 is 5.97 Å². The fraction of sp³-hybridized carbons (Fsp3) is 0.273. The SMILES string of the molecule is CC(c1c(N=CN)cccc1-c1ccc(Cl)c(Cl)c1)N1CCC/C(=C\C(=O)O)C1. The van der Waals surface area contributed by atoms with E-state index in [1.807, 2.05) is 30.3 Å². The Labute approximate surface area is 180 Å². The molecule has 0 radical (unpaired) electrons. The largest absolute Gasteiger partial charge is 0.478 e. The number of piperidine rings is 1. The van der Waals surface area contributed by atoms with Crippen molar-refractivity contribution in [3.05, 3.63) is 63.7 Å². The predicted molar refractivity (Wildman–Crippen MR) is 119 cm³/mol. The lowest BCUT2D eigenvalue weighted by atomic mass is 9.91. The van der Waals surface area contributed by atoms with E-state index in [0.717, 1.165) is 47.3 Å². The highest BCUT2D eigenvalue weighted by atomic mass is 35.5. The van der Waals surface area contributed by atoms with Crippen molar-refractivity contribution in [2.75, 3.05) is 13.1 Å². The number of carboxylic acids is 1. The molecule has 1 saturated heterocycles. The Morgan fingerprint density at radius 3 is 2.76 bits per heavy atom. The number of aliphatic imine (C=N–C) groups is 1. The number of likely N-dealkylation sites (tertiary alicyclic amines) is 1. The molecule has 2 aromatic rings. The molecule has 0 amide bonds. The quantitative estimate of drug-likeness (QED) is 0.374. The minimum Gasteiger partial charge on any atom is -0.478 e. The zero-order valence-corrected chi connectivity index (χ0v) is 17.6. The zero-order valence-electron chi connectivity index (χ0n) is 16.1. The average molecular weight is 432 g/mol. The molecule has 5 nitrogen and oxygen atoms in total. The molecule has 0 aromatic heterocycles. The summed E-state index contributed by atoms with van der Waals surface area (Å²) in [4.78, 5) is 17.7. The van der Waals surface area contributed by atoms with E-state index in [1.54, 1.807) is 6.07 Å². The number of carboxylic acid groups (broad SMARTS) is 1. The summed E-state index contributed by atoms with van der Waals surface area (Å²) in [5.74, 6) is -0.904. The van der Waals surface area contributed by atoms with Gasteiger partial charge in [0.1, 0.15) is 0 Å². The third-order valence-electron chi connectivity index (χ3n) is 5.17. The van der Waals surface area contributed by atoms with Gasteiger partial charge in [0, 0.05) is 24.2 Å². The molecule has 0 spiro atoms. The normalized spacial score (nSPS) is 17.7. The molecule has 1 aliphatic rings. The van der Waals surface area contributed by atoms with E-state index in [4.69, 9.17) is 34.0 Å². The molecule has 1 aliphatic heterocycles. The van der Waals surface area contributed by atoms with Crippen molar-refractivity contribution < 1.29 is 9.90 Å². The Morgan fingerprint density at radius 2 is 2.07 bits per heavy atom. The lowest BCUT2D eigenvalue weighted by Gasteiger charge is -2.35. The van der Waals surface area contributed by atoms with Crippen LogP contribution >= 0.6 is 23.2 Å². The highest BCUT2D eigenvalue weighted by Gasteiger charge is 2.25. The molecule has 29 heavy (non-hydrogen) atoms. The second kappa shape index (κ2) is 9.44. The van der Waals surface area contributed by atoms with E-state index in [-0.39, 0.29) is 6.04 Å². The van der Waals surface area contributed by atoms with Crippen molar-refractivity contribution in [2.24, 2.45) is 10.7 Å². The van der Waals surface area contributed by atoms with Crippen molar-refractivity contribution in [3.8, 4) is 11.1 Å². The van der Waals surface area contributed by atoms with Gasteiger partial charge in [-0.2, -0.15) is 0 Å². The molecule has 2 aromatic carbocycles. The van der Waals surface area contributed by atoms with Crippen molar-refractivity contribution in [3.63, 3.8) is 0 Å². The van der Waals surface area contributed by atoms with Crippen LogP contribution in [-0.4, -0.2) is 35.4 Å². The van der Waals surface area contributed by atoms with Crippen molar-refractivity contribution in [1.29, 1.82) is 0 Å². The van der Waals surface area contributed by atoms with Gasteiger partial charge in [-0.1, -0.05) is 41.4 Å². The molecule has 1 heterocycles. The Hall–Kier alpha value is -2.34. The van der Waals surface area contributed by atoms with Gasteiger partial charge in [-0.15, -0.1) is 0 Å². The van der Waals surface area contributed by atoms with E-state index >= 15 is 0 Å². The highest BCUT2D eigenvalue weighted by molar-refractivity contribution is 6.42. The molecule has 1 unspecified atom stereocenters. The monoisotopic (exact) mass is 431 g/mol. The molecule has 1 atom stereocenters. The van der Waals surface area contributed by atoms with Crippen LogP contribution in [-0.2, 0) is 4.79 Å². The number of halogens is 2. The van der Waals surface area contributed by atoms with Gasteiger partial charge in [-0.3, -0.25) is 4.90 Å². The van der Waals surface area contributed by atoms with Crippen LogP contribution in [0.5, 0.6) is 0 Å². The smallest absolute Gasteiger partial charge is 0.328 e. The summed E-state index contributed by atoms with van der Waals surface area (Å²) < 4.78 is 0. The molecular formula is C22H23Cl2N3O2. The van der Waals surface area contributed by atoms with Crippen molar-refractivity contribution in [2.45, 2.75) is 25.8 Å². The minimum atomic E-state index is -0.904. The molecule has 0 aliphatic carbocycles. The van der Waals surface area contributed by atoms with E-state index in [1.165, 1.54) is 12.4 Å². The number of aliphatic carboxylic acids is 1. The summed E-state index contributed by atoms with van der Waals surface area (Å²) in [6.07, 6.45) is 4.32. The maximum absolute atomic E-state index is 11.1. The van der Waals surface area contributed by atoms with Gasteiger partial charge < -0.3 is 10.8 Å². The third-order valence-corrected chi connectivity index (χ3v) is 5.91.